The first-order chi connectivity index (χ1) is 12.6. The number of hydrogen-bond acceptors (Lipinski definition) is 5. The first kappa shape index (κ1) is 20.0. The Kier molecular flexibility index (Phi) is 7.72. The highest BCUT2D eigenvalue weighted by atomic mass is 32.1. The first-order valence-corrected chi connectivity index (χ1v) is 9.55. The number of benzene rings is 1. The van der Waals surface area contributed by atoms with Crippen molar-refractivity contribution in [2.45, 2.75) is 32.7 Å². The third-order valence-electron chi connectivity index (χ3n) is 3.87. The van der Waals surface area contributed by atoms with Gasteiger partial charge in [-0.1, -0.05) is 19.9 Å². The van der Waals surface area contributed by atoms with Gasteiger partial charge in [-0.15, -0.1) is 11.3 Å². The quantitative estimate of drug-likeness (QED) is 0.547. The van der Waals surface area contributed by atoms with Gasteiger partial charge in [-0.2, -0.15) is 0 Å². The molecule has 26 heavy (non-hydrogen) atoms. The smallest absolute Gasteiger partial charge is 0.191 e. The van der Waals surface area contributed by atoms with Crippen LogP contribution in [0.2, 0.25) is 0 Å². The number of nitrogens with zero attached hydrogens (tertiary/aromatic N) is 2. The predicted molar refractivity (Wildman–Crippen MR) is 108 cm³/mol. The minimum absolute atomic E-state index is 0.484. The number of nitrogens with one attached hydrogen (secondary N) is 2. The molecule has 0 amide bonds. The summed E-state index contributed by atoms with van der Waals surface area (Å²) in [5.41, 5.74) is 2.22. The van der Waals surface area contributed by atoms with Crippen LogP contribution >= 0.6 is 11.3 Å². The first-order valence-electron chi connectivity index (χ1n) is 8.67. The van der Waals surface area contributed by atoms with Gasteiger partial charge in [0.25, 0.3) is 0 Å². The average Bonchev–Trinajstić information content (AvgIpc) is 3.13. The predicted octanol–water partition coefficient (Wildman–Crippen LogP) is 3.19. The molecule has 0 saturated carbocycles. The minimum Gasteiger partial charge on any atom is -0.493 e. The van der Waals surface area contributed by atoms with E-state index in [2.05, 4.69) is 39.8 Å². The van der Waals surface area contributed by atoms with Gasteiger partial charge in [-0.05, 0) is 17.7 Å². The van der Waals surface area contributed by atoms with Crippen LogP contribution in [0.5, 0.6) is 11.5 Å². The highest BCUT2D eigenvalue weighted by Gasteiger charge is 2.07. The number of thiazole rings is 1. The molecule has 142 valence electrons. The van der Waals surface area contributed by atoms with Crippen LogP contribution in [-0.4, -0.2) is 38.8 Å². The Morgan fingerprint density at radius 1 is 1.19 bits per heavy atom. The maximum atomic E-state index is 5.34. The molecule has 0 spiro atoms. The topological polar surface area (TPSA) is 67.8 Å². The van der Waals surface area contributed by atoms with E-state index in [9.17, 15) is 0 Å². The molecule has 0 atom stereocenters. The second kappa shape index (κ2) is 10.0. The standard InChI is InChI=1S/C19H28N4O2S/c1-13(2)18-23-15(12-26-18)8-9-21-19(20-3)22-11-14-6-7-16(24-4)17(10-14)25-5/h6-7,10,12-13H,8-9,11H2,1-5H3,(H2,20,21,22). The van der Waals surface area contributed by atoms with Gasteiger partial charge in [0.2, 0.25) is 0 Å². The van der Waals surface area contributed by atoms with Crippen molar-refractivity contribution in [1.82, 2.24) is 15.6 Å². The number of aromatic nitrogens is 1. The molecule has 0 fully saturated rings. The Bertz CT molecular complexity index is 728. The van der Waals surface area contributed by atoms with Crippen molar-refractivity contribution in [2.75, 3.05) is 27.8 Å². The van der Waals surface area contributed by atoms with Crippen molar-refractivity contribution < 1.29 is 9.47 Å². The van der Waals surface area contributed by atoms with Gasteiger partial charge >= 0.3 is 0 Å². The van der Waals surface area contributed by atoms with Crippen LogP contribution in [0.3, 0.4) is 0 Å². The molecule has 2 aromatic rings. The number of guanidine groups is 1. The molecule has 0 unspecified atom stereocenters. The fraction of sp³-hybridized carbons (Fsp3) is 0.474. The van der Waals surface area contributed by atoms with Gasteiger partial charge < -0.3 is 20.1 Å². The Morgan fingerprint density at radius 3 is 2.58 bits per heavy atom. The van der Waals surface area contributed by atoms with Crippen LogP contribution < -0.4 is 20.1 Å². The van der Waals surface area contributed by atoms with Crippen molar-refractivity contribution in [3.8, 4) is 11.5 Å². The van der Waals surface area contributed by atoms with Gasteiger partial charge in [0.15, 0.2) is 17.5 Å². The number of rotatable bonds is 8. The van der Waals surface area contributed by atoms with Crippen LogP contribution in [0.4, 0.5) is 0 Å². The van der Waals surface area contributed by atoms with Gasteiger partial charge in [-0.25, -0.2) is 4.98 Å². The number of hydrogen-bond donors (Lipinski definition) is 2. The summed E-state index contributed by atoms with van der Waals surface area (Å²) in [4.78, 5) is 8.92. The Labute approximate surface area is 159 Å². The summed E-state index contributed by atoms with van der Waals surface area (Å²) in [5.74, 6) is 2.69. The summed E-state index contributed by atoms with van der Waals surface area (Å²) in [6, 6.07) is 5.87. The summed E-state index contributed by atoms with van der Waals surface area (Å²) in [7, 11) is 5.04. The van der Waals surface area contributed by atoms with Crippen LogP contribution in [-0.2, 0) is 13.0 Å². The molecule has 0 aliphatic heterocycles. The van der Waals surface area contributed by atoms with Gasteiger partial charge in [0.1, 0.15) is 0 Å². The van der Waals surface area contributed by atoms with E-state index in [0.717, 1.165) is 41.7 Å². The van der Waals surface area contributed by atoms with Crippen molar-refractivity contribution in [3.05, 3.63) is 39.8 Å². The molecular formula is C19H28N4O2S. The molecule has 0 saturated heterocycles. The molecule has 0 aliphatic carbocycles. The van der Waals surface area contributed by atoms with Crippen molar-refractivity contribution >= 4 is 17.3 Å². The third-order valence-corrected chi connectivity index (χ3v) is 5.06. The monoisotopic (exact) mass is 376 g/mol. The summed E-state index contributed by atoms with van der Waals surface area (Å²) >= 11 is 1.73. The lowest BCUT2D eigenvalue weighted by Gasteiger charge is -2.13. The van der Waals surface area contributed by atoms with E-state index in [1.54, 1.807) is 32.6 Å². The normalized spacial score (nSPS) is 11.5. The van der Waals surface area contributed by atoms with E-state index in [-0.39, 0.29) is 0 Å². The fourth-order valence-corrected chi connectivity index (χ4v) is 3.28. The molecule has 0 bridgehead atoms. The van der Waals surface area contributed by atoms with E-state index in [4.69, 9.17) is 9.47 Å². The van der Waals surface area contributed by atoms with Gasteiger partial charge in [0, 0.05) is 37.9 Å². The molecule has 1 aromatic carbocycles. The van der Waals surface area contributed by atoms with Crippen LogP contribution in [0, 0.1) is 0 Å². The maximum absolute atomic E-state index is 5.34. The lowest BCUT2D eigenvalue weighted by molar-refractivity contribution is 0.354. The maximum Gasteiger partial charge on any atom is 0.191 e. The second-order valence-corrected chi connectivity index (χ2v) is 7.01. The van der Waals surface area contributed by atoms with Crippen molar-refractivity contribution in [2.24, 2.45) is 4.99 Å². The van der Waals surface area contributed by atoms with E-state index in [0.29, 0.717) is 12.5 Å². The molecule has 2 rings (SSSR count). The Balaban J connectivity index is 1.82. The van der Waals surface area contributed by atoms with E-state index in [1.807, 2.05) is 18.2 Å². The molecule has 2 N–H and O–H groups in total. The summed E-state index contributed by atoms with van der Waals surface area (Å²) in [6.45, 7) is 5.77. The molecule has 0 aliphatic rings. The van der Waals surface area contributed by atoms with Gasteiger partial charge in [0.05, 0.1) is 24.9 Å². The summed E-state index contributed by atoms with van der Waals surface area (Å²) < 4.78 is 10.6. The SMILES string of the molecule is CN=C(NCCc1csc(C(C)C)n1)NCc1ccc(OC)c(OC)c1. The van der Waals surface area contributed by atoms with Crippen molar-refractivity contribution in [3.63, 3.8) is 0 Å². The molecule has 6 nitrogen and oxygen atoms in total. The zero-order valence-electron chi connectivity index (χ0n) is 16.1. The molecule has 0 radical (unpaired) electrons. The lowest BCUT2D eigenvalue weighted by Crippen LogP contribution is -2.37. The van der Waals surface area contributed by atoms with E-state index < -0.39 is 0 Å². The Morgan fingerprint density at radius 2 is 1.96 bits per heavy atom. The molecule has 7 heteroatoms. The number of methoxy groups -OCH3 is 2. The largest absolute Gasteiger partial charge is 0.493 e. The highest BCUT2D eigenvalue weighted by Crippen LogP contribution is 2.27. The van der Waals surface area contributed by atoms with Gasteiger partial charge in [-0.3, -0.25) is 4.99 Å². The molecule has 1 heterocycles. The van der Waals surface area contributed by atoms with Crippen LogP contribution in [0.25, 0.3) is 0 Å². The minimum atomic E-state index is 0.484. The molecular weight excluding hydrogens is 348 g/mol. The fourth-order valence-electron chi connectivity index (χ4n) is 2.41. The highest BCUT2D eigenvalue weighted by molar-refractivity contribution is 7.09. The lowest BCUT2D eigenvalue weighted by atomic mass is 10.2. The van der Waals surface area contributed by atoms with Crippen molar-refractivity contribution in [1.29, 1.82) is 0 Å². The van der Waals surface area contributed by atoms with Crippen LogP contribution in [0.1, 0.15) is 36.0 Å². The van der Waals surface area contributed by atoms with E-state index in [1.165, 1.54) is 5.01 Å². The zero-order chi connectivity index (χ0) is 18.9. The molecule has 1 aromatic heterocycles. The second-order valence-electron chi connectivity index (χ2n) is 6.12. The summed E-state index contributed by atoms with van der Waals surface area (Å²) in [5, 5.41) is 9.96. The number of aliphatic imine (C=N–C) groups is 1. The van der Waals surface area contributed by atoms with E-state index >= 15 is 0 Å². The zero-order valence-corrected chi connectivity index (χ0v) is 16.9. The average molecular weight is 377 g/mol. The third kappa shape index (κ3) is 5.62. The summed E-state index contributed by atoms with van der Waals surface area (Å²) in [6.07, 6.45) is 0.875. The van der Waals surface area contributed by atoms with Crippen LogP contribution in [0.15, 0.2) is 28.6 Å². The number of ether oxygens (including phenoxy) is 2. The Hall–Kier alpha value is -2.28.